The van der Waals surface area contributed by atoms with Gasteiger partial charge in [0.25, 0.3) is 10.0 Å². The van der Waals surface area contributed by atoms with E-state index in [1.165, 1.54) is 30.3 Å². The maximum absolute atomic E-state index is 12.1. The van der Waals surface area contributed by atoms with Gasteiger partial charge in [-0.3, -0.25) is 4.72 Å². The molecule has 0 aliphatic rings. The van der Waals surface area contributed by atoms with Crippen LogP contribution in [-0.2, 0) is 10.0 Å². The first kappa shape index (κ1) is 14.4. The molecular formula is C13H9BrN2O3S. The van der Waals surface area contributed by atoms with Crippen LogP contribution in [0.2, 0.25) is 0 Å². The number of para-hydroxylation sites is 1. The van der Waals surface area contributed by atoms with Gasteiger partial charge in [0, 0.05) is 0 Å². The Morgan fingerprint density at radius 3 is 2.40 bits per heavy atom. The normalized spacial score (nSPS) is 10.8. The average Bonchev–Trinajstić information content (AvgIpc) is 2.44. The van der Waals surface area contributed by atoms with E-state index in [-0.39, 0.29) is 16.3 Å². The van der Waals surface area contributed by atoms with Gasteiger partial charge in [-0.05, 0) is 52.3 Å². The molecule has 0 amide bonds. The van der Waals surface area contributed by atoms with E-state index in [2.05, 4.69) is 20.7 Å². The van der Waals surface area contributed by atoms with Gasteiger partial charge in [0.15, 0.2) is 5.75 Å². The number of nitriles is 1. The number of hydrogen-bond acceptors (Lipinski definition) is 4. The quantitative estimate of drug-likeness (QED) is 0.831. The molecule has 0 spiro atoms. The van der Waals surface area contributed by atoms with Crippen LogP contribution in [0.5, 0.6) is 5.75 Å². The third-order valence-corrected chi connectivity index (χ3v) is 4.55. The lowest BCUT2D eigenvalue weighted by Crippen LogP contribution is -2.13. The molecule has 2 aromatic rings. The highest BCUT2D eigenvalue weighted by molar-refractivity contribution is 9.10. The molecule has 0 heterocycles. The Morgan fingerprint density at radius 1 is 1.15 bits per heavy atom. The Hall–Kier alpha value is -2.04. The van der Waals surface area contributed by atoms with Crippen molar-refractivity contribution in [3.8, 4) is 11.8 Å². The molecule has 0 aliphatic carbocycles. The molecule has 0 fully saturated rings. The van der Waals surface area contributed by atoms with Crippen molar-refractivity contribution in [2.45, 2.75) is 4.90 Å². The smallest absolute Gasteiger partial charge is 0.262 e. The number of benzene rings is 2. The lowest BCUT2D eigenvalue weighted by molar-refractivity contribution is 0.474. The predicted molar refractivity (Wildman–Crippen MR) is 77.8 cm³/mol. The fourth-order valence-corrected chi connectivity index (χ4v) is 2.94. The van der Waals surface area contributed by atoms with Crippen LogP contribution >= 0.6 is 15.9 Å². The highest BCUT2D eigenvalue weighted by Gasteiger charge is 2.16. The number of sulfonamides is 1. The van der Waals surface area contributed by atoms with Crippen LogP contribution in [0.15, 0.2) is 51.8 Å². The summed E-state index contributed by atoms with van der Waals surface area (Å²) in [4.78, 5) is 0.0101. The van der Waals surface area contributed by atoms with Crippen LogP contribution in [0, 0.1) is 11.3 Å². The number of phenolic OH excluding ortho intramolecular Hbond substituents is 1. The molecule has 5 nitrogen and oxygen atoms in total. The van der Waals surface area contributed by atoms with Crippen LogP contribution in [0.3, 0.4) is 0 Å². The zero-order valence-electron chi connectivity index (χ0n) is 10.0. The summed E-state index contributed by atoms with van der Waals surface area (Å²) in [7, 11) is -3.82. The second kappa shape index (κ2) is 5.53. The van der Waals surface area contributed by atoms with Crippen LogP contribution in [0.4, 0.5) is 5.69 Å². The summed E-state index contributed by atoms with van der Waals surface area (Å²) in [5, 5.41) is 18.5. The SMILES string of the molecule is N#Cc1ccc(S(=O)(=O)Nc2cccc(Br)c2O)cc1. The highest BCUT2D eigenvalue weighted by Crippen LogP contribution is 2.32. The van der Waals surface area contributed by atoms with Crippen LogP contribution in [0.1, 0.15) is 5.56 Å². The summed E-state index contributed by atoms with van der Waals surface area (Å²) in [6.45, 7) is 0. The number of nitrogens with one attached hydrogen (secondary N) is 1. The van der Waals surface area contributed by atoms with Gasteiger partial charge in [-0.15, -0.1) is 0 Å². The molecule has 7 heteroatoms. The van der Waals surface area contributed by atoms with Gasteiger partial charge >= 0.3 is 0 Å². The molecule has 0 aliphatic heterocycles. The van der Waals surface area contributed by atoms with Gasteiger partial charge in [-0.2, -0.15) is 5.26 Å². The molecule has 0 saturated carbocycles. The van der Waals surface area contributed by atoms with Gasteiger partial charge in [0.05, 0.1) is 26.7 Å². The Labute approximate surface area is 124 Å². The number of halogens is 1. The molecule has 0 aromatic heterocycles. The van der Waals surface area contributed by atoms with E-state index >= 15 is 0 Å². The first-order chi connectivity index (χ1) is 9.44. The highest BCUT2D eigenvalue weighted by atomic mass is 79.9. The second-order valence-electron chi connectivity index (χ2n) is 3.88. The largest absolute Gasteiger partial charge is 0.505 e. The van der Waals surface area contributed by atoms with Gasteiger partial charge in [0.1, 0.15) is 0 Å². The van der Waals surface area contributed by atoms with E-state index in [0.717, 1.165) is 0 Å². The minimum atomic E-state index is -3.82. The molecule has 2 N–H and O–H groups in total. The predicted octanol–water partition coefficient (Wildman–Crippen LogP) is 2.83. The molecule has 0 bridgehead atoms. The van der Waals surface area contributed by atoms with E-state index in [1.54, 1.807) is 12.1 Å². The van der Waals surface area contributed by atoms with E-state index in [4.69, 9.17) is 5.26 Å². The summed E-state index contributed by atoms with van der Waals surface area (Å²) in [6, 6.07) is 12.0. The first-order valence-corrected chi connectivity index (χ1v) is 7.72. The maximum atomic E-state index is 12.1. The second-order valence-corrected chi connectivity index (χ2v) is 6.41. The van der Waals surface area contributed by atoms with E-state index in [0.29, 0.717) is 10.0 Å². The lowest BCUT2D eigenvalue weighted by atomic mass is 10.2. The molecule has 2 rings (SSSR count). The van der Waals surface area contributed by atoms with E-state index in [1.807, 2.05) is 6.07 Å². The van der Waals surface area contributed by atoms with Crippen molar-refractivity contribution in [3.05, 3.63) is 52.5 Å². The van der Waals surface area contributed by atoms with Gasteiger partial charge in [-0.1, -0.05) is 6.07 Å². The van der Waals surface area contributed by atoms with E-state index in [9.17, 15) is 13.5 Å². The zero-order chi connectivity index (χ0) is 14.8. The van der Waals surface area contributed by atoms with Crippen LogP contribution in [0.25, 0.3) is 0 Å². The van der Waals surface area contributed by atoms with Gasteiger partial charge in [-0.25, -0.2) is 8.42 Å². The zero-order valence-corrected chi connectivity index (χ0v) is 12.4. The summed E-state index contributed by atoms with van der Waals surface area (Å²) < 4.78 is 27.0. The van der Waals surface area contributed by atoms with Crippen molar-refractivity contribution in [2.24, 2.45) is 0 Å². The maximum Gasteiger partial charge on any atom is 0.262 e. The fraction of sp³-hybridized carbons (Fsp3) is 0. The number of aromatic hydroxyl groups is 1. The van der Waals surface area contributed by atoms with Gasteiger partial charge < -0.3 is 5.11 Å². The lowest BCUT2D eigenvalue weighted by Gasteiger charge is -2.10. The summed E-state index contributed by atoms with van der Waals surface area (Å²) >= 11 is 3.11. The molecule has 2 aromatic carbocycles. The van der Waals surface area contributed by atoms with Crippen LogP contribution < -0.4 is 4.72 Å². The average molecular weight is 353 g/mol. The number of hydrogen-bond donors (Lipinski definition) is 2. The molecular weight excluding hydrogens is 344 g/mol. The van der Waals surface area contributed by atoms with Crippen molar-refractivity contribution < 1.29 is 13.5 Å². The molecule has 102 valence electrons. The van der Waals surface area contributed by atoms with Crippen molar-refractivity contribution >= 4 is 31.6 Å². The summed E-state index contributed by atoms with van der Waals surface area (Å²) in [5.41, 5.74) is 0.443. The molecule has 20 heavy (non-hydrogen) atoms. The number of nitrogens with zero attached hydrogens (tertiary/aromatic N) is 1. The van der Waals surface area contributed by atoms with Crippen molar-refractivity contribution in [2.75, 3.05) is 4.72 Å². The minimum Gasteiger partial charge on any atom is -0.505 e. The molecule has 0 saturated heterocycles. The standard InChI is InChI=1S/C13H9BrN2O3S/c14-11-2-1-3-12(13(11)17)16-20(18,19)10-6-4-9(8-15)5-7-10/h1-7,16-17H. The Morgan fingerprint density at radius 2 is 1.80 bits per heavy atom. The van der Waals surface area contributed by atoms with Crippen molar-refractivity contribution in [1.82, 2.24) is 0 Å². The third-order valence-electron chi connectivity index (χ3n) is 2.52. The molecule has 0 radical (unpaired) electrons. The number of rotatable bonds is 3. The Kier molecular flexibility index (Phi) is 3.97. The van der Waals surface area contributed by atoms with Crippen molar-refractivity contribution in [1.29, 1.82) is 5.26 Å². The Bertz CT molecular complexity index is 780. The number of phenols is 1. The Balaban J connectivity index is 2.36. The van der Waals surface area contributed by atoms with Crippen molar-refractivity contribution in [3.63, 3.8) is 0 Å². The summed E-state index contributed by atoms with van der Waals surface area (Å²) in [6.07, 6.45) is 0. The van der Waals surface area contributed by atoms with Gasteiger partial charge in [0.2, 0.25) is 0 Å². The first-order valence-electron chi connectivity index (χ1n) is 5.44. The van der Waals surface area contributed by atoms with E-state index < -0.39 is 10.0 Å². The third kappa shape index (κ3) is 2.92. The summed E-state index contributed by atoms with van der Waals surface area (Å²) in [5.74, 6) is -0.190. The minimum absolute atomic E-state index is 0.0101. The number of anilines is 1. The molecule has 0 unspecified atom stereocenters. The van der Waals surface area contributed by atoms with Crippen LogP contribution in [-0.4, -0.2) is 13.5 Å². The fourth-order valence-electron chi connectivity index (χ4n) is 1.51. The topological polar surface area (TPSA) is 90.2 Å². The molecule has 0 atom stereocenters. The monoisotopic (exact) mass is 352 g/mol.